The highest BCUT2D eigenvalue weighted by molar-refractivity contribution is 5.93. The van der Waals surface area contributed by atoms with Gasteiger partial charge in [-0.1, -0.05) is 17.7 Å². The molecule has 3 nitrogen and oxygen atoms in total. The minimum atomic E-state index is 0. The molecule has 0 atom stereocenters. The average molecular weight is 337 g/mol. The van der Waals surface area contributed by atoms with Crippen molar-refractivity contribution in [1.29, 1.82) is 0 Å². The minimum Gasteiger partial charge on any atom is -0.508 e. The van der Waals surface area contributed by atoms with Crippen molar-refractivity contribution in [3.63, 3.8) is 0 Å². The van der Waals surface area contributed by atoms with Crippen molar-refractivity contribution < 1.29 is 5.11 Å². The van der Waals surface area contributed by atoms with Crippen molar-refractivity contribution in [2.75, 3.05) is 5.32 Å². The minimum absolute atomic E-state index is 0. The second kappa shape index (κ2) is 7.34. The number of fused-ring (bicyclic) bond motifs is 1. The Bertz CT molecular complexity index is 791. The number of phenols is 1. The average Bonchev–Trinajstić information content (AvgIpc) is 2.39. The van der Waals surface area contributed by atoms with Gasteiger partial charge in [0.05, 0.1) is 5.52 Å². The van der Waals surface area contributed by atoms with E-state index < -0.39 is 0 Å². The maximum absolute atomic E-state index is 9.55. The number of pyridine rings is 1. The van der Waals surface area contributed by atoms with Gasteiger partial charge in [-0.2, -0.15) is 0 Å². The first-order valence-corrected chi connectivity index (χ1v) is 6.56. The van der Waals surface area contributed by atoms with E-state index in [0.717, 1.165) is 28.0 Å². The van der Waals surface area contributed by atoms with E-state index in [4.69, 9.17) is 0 Å². The zero-order valence-corrected chi connectivity index (χ0v) is 14.0. The van der Waals surface area contributed by atoms with Crippen LogP contribution in [0.15, 0.2) is 48.5 Å². The van der Waals surface area contributed by atoms with Gasteiger partial charge < -0.3 is 10.4 Å². The van der Waals surface area contributed by atoms with Crippen LogP contribution < -0.4 is 5.32 Å². The molecule has 0 unspecified atom stereocenters. The molecule has 0 fully saturated rings. The Labute approximate surface area is 142 Å². The smallest absolute Gasteiger partial charge is 0.117 e. The van der Waals surface area contributed by atoms with Gasteiger partial charge in [-0.05, 0) is 44.2 Å². The van der Waals surface area contributed by atoms with Gasteiger partial charge in [0.15, 0.2) is 0 Å². The molecule has 22 heavy (non-hydrogen) atoms. The van der Waals surface area contributed by atoms with Crippen LogP contribution in [-0.4, -0.2) is 10.1 Å². The predicted molar refractivity (Wildman–Crippen MR) is 97.1 cm³/mol. The highest BCUT2D eigenvalue weighted by Gasteiger charge is 2.05. The summed E-state index contributed by atoms with van der Waals surface area (Å²) in [6, 6.07) is 15.3. The zero-order valence-electron chi connectivity index (χ0n) is 12.3. The monoisotopic (exact) mass is 336 g/mol. The van der Waals surface area contributed by atoms with E-state index in [-0.39, 0.29) is 30.6 Å². The van der Waals surface area contributed by atoms with Gasteiger partial charge in [0.2, 0.25) is 0 Å². The quantitative estimate of drug-likeness (QED) is 0.680. The number of nitrogens with one attached hydrogen (secondary N) is 1. The zero-order chi connectivity index (χ0) is 14.1. The van der Waals surface area contributed by atoms with Gasteiger partial charge in [0.25, 0.3) is 0 Å². The van der Waals surface area contributed by atoms with Crippen LogP contribution >= 0.6 is 24.8 Å². The number of phenolic OH excluding ortho intramolecular Hbond substituents is 1. The molecule has 2 N–H and O–H groups in total. The van der Waals surface area contributed by atoms with Gasteiger partial charge in [-0.3, -0.25) is 4.98 Å². The summed E-state index contributed by atoms with van der Waals surface area (Å²) in [6.45, 7) is 4.05. The maximum Gasteiger partial charge on any atom is 0.117 e. The number of aromatic nitrogens is 1. The molecule has 0 saturated heterocycles. The van der Waals surface area contributed by atoms with Crippen molar-refractivity contribution in [3.8, 4) is 5.75 Å². The Morgan fingerprint density at radius 2 is 1.73 bits per heavy atom. The molecule has 0 bridgehead atoms. The number of hydrogen-bond acceptors (Lipinski definition) is 3. The van der Waals surface area contributed by atoms with Crippen LogP contribution in [0.4, 0.5) is 11.4 Å². The maximum atomic E-state index is 9.55. The summed E-state index contributed by atoms with van der Waals surface area (Å²) in [5.74, 6) is 0.251. The molecule has 0 aliphatic carbocycles. The molecule has 3 aromatic rings. The van der Waals surface area contributed by atoms with E-state index in [0.29, 0.717) is 0 Å². The van der Waals surface area contributed by atoms with Crippen molar-refractivity contribution in [2.45, 2.75) is 13.8 Å². The number of halogens is 2. The van der Waals surface area contributed by atoms with Crippen LogP contribution in [0.2, 0.25) is 0 Å². The molecule has 2 aromatic carbocycles. The summed E-state index contributed by atoms with van der Waals surface area (Å²) < 4.78 is 0. The topological polar surface area (TPSA) is 45.2 Å². The second-order valence-corrected chi connectivity index (χ2v) is 5.01. The Balaban J connectivity index is 0.00000121. The van der Waals surface area contributed by atoms with E-state index >= 15 is 0 Å². The molecule has 116 valence electrons. The lowest BCUT2D eigenvalue weighted by Crippen LogP contribution is -1.95. The molecule has 3 rings (SSSR count). The van der Waals surface area contributed by atoms with Crippen LogP contribution in [0, 0.1) is 13.8 Å². The highest BCUT2D eigenvalue weighted by atomic mass is 35.5. The lowest BCUT2D eigenvalue weighted by Gasteiger charge is -2.11. The number of hydrogen-bond donors (Lipinski definition) is 2. The lowest BCUT2D eigenvalue weighted by atomic mass is 10.1. The molecule has 5 heteroatoms. The van der Waals surface area contributed by atoms with Crippen molar-refractivity contribution >= 4 is 47.1 Å². The van der Waals surface area contributed by atoms with Crippen LogP contribution in [0.1, 0.15) is 11.3 Å². The van der Waals surface area contributed by atoms with Gasteiger partial charge in [-0.15, -0.1) is 24.8 Å². The van der Waals surface area contributed by atoms with E-state index in [1.54, 1.807) is 12.1 Å². The van der Waals surface area contributed by atoms with Crippen LogP contribution in [0.5, 0.6) is 5.75 Å². The van der Waals surface area contributed by atoms with Gasteiger partial charge in [-0.25, -0.2) is 0 Å². The van der Waals surface area contributed by atoms with Crippen molar-refractivity contribution in [1.82, 2.24) is 4.98 Å². The Kier molecular flexibility index (Phi) is 6.03. The summed E-state index contributed by atoms with van der Waals surface area (Å²) in [4.78, 5) is 4.55. The normalized spacial score (nSPS) is 9.73. The fraction of sp³-hybridized carbons (Fsp3) is 0.118. The SMILES string of the molecule is Cc1ccc2nc(C)cc(Nc3cccc(O)c3)c2c1.Cl.Cl. The predicted octanol–water partition coefficient (Wildman–Crippen LogP) is 5.14. The fourth-order valence-electron chi connectivity index (χ4n) is 2.31. The van der Waals surface area contributed by atoms with E-state index in [9.17, 15) is 5.11 Å². The standard InChI is InChI=1S/C17H16N2O.2ClH/c1-11-6-7-16-15(8-11)17(9-12(2)18-16)19-13-4-3-5-14(20)10-13;;/h3-10,20H,1-2H3,(H,18,19);2*1H. The van der Waals surface area contributed by atoms with E-state index in [1.165, 1.54) is 5.56 Å². The molecule has 0 saturated carbocycles. The number of aryl methyl sites for hydroxylation is 2. The third-order valence-electron chi connectivity index (χ3n) is 3.22. The first kappa shape index (κ1) is 18.1. The van der Waals surface area contributed by atoms with Crippen LogP contribution in [0.25, 0.3) is 10.9 Å². The summed E-state index contributed by atoms with van der Waals surface area (Å²) in [7, 11) is 0. The molecule has 0 amide bonds. The van der Waals surface area contributed by atoms with Gasteiger partial charge in [0.1, 0.15) is 5.75 Å². The molecule has 0 aliphatic heterocycles. The highest BCUT2D eigenvalue weighted by Crippen LogP contribution is 2.28. The summed E-state index contributed by atoms with van der Waals surface area (Å²) in [5, 5.41) is 14.0. The van der Waals surface area contributed by atoms with Crippen molar-refractivity contribution in [2.24, 2.45) is 0 Å². The number of aromatic hydroxyl groups is 1. The van der Waals surface area contributed by atoms with Gasteiger partial charge in [0, 0.05) is 28.5 Å². The van der Waals surface area contributed by atoms with Gasteiger partial charge >= 0.3 is 0 Å². The first-order chi connectivity index (χ1) is 9.61. The fourth-order valence-corrected chi connectivity index (χ4v) is 2.31. The third kappa shape index (κ3) is 3.81. The lowest BCUT2D eigenvalue weighted by molar-refractivity contribution is 0.475. The van der Waals surface area contributed by atoms with Crippen LogP contribution in [0.3, 0.4) is 0 Å². The van der Waals surface area contributed by atoms with E-state index in [1.807, 2.05) is 31.2 Å². The summed E-state index contributed by atoms with van der Waals surface area (Å²) in [6.07, 6.45) is 0. The first-order valence-electron chi connectivity index (χ1n) is 6.56. The molecular weight excluding hydrogens is 319 g/mol. The summed E-state index contributed by atoms with van der Waals surface area (Å²) in [5.41, 5.74) is 4.99. The second-order valence-electron chi connectivity index (χ2n) is 5.01. The Morgan fingerprint density at radius 1 is 0.955 bits per heavy atom. The molecule has 0 aliphatic rings. The Hall–Kier alpha value is -1.97. The molecule has 0 spiro atoms. The summed E-state index contributed by atoms with van der Waals surface area (Å²) >= 11 is 0. The molecule has 0 radical (unpaired) electrons. The molecular formula is C17H18Cl2N2O. The van der Waals surface area contributed by atoms with Crippen LogP contribution in [-0.2, 0) is 0 Å². The number of nitrogens with zero attached hydrogens (tertiary/aromatic N) is 1. The number of rotatable bonds is 2. The Morgan fingerprint density at radius 3 is 2.45 bits per heavy atom. The number of anilines is 2. The van der Waals surface area contributed by atoms with E-state index in [2.05, 4.69) is 29.4 Å². The van der Waals surface area contributed by atoms with Crippen molar-refractivity contribution in [3.05, 3.63) is 59.8 Å². The third-order valence-corrected chi connectivity index (χ3v) is 3.22. The molecule has 1 heterocycles. The largest absolute Gasteiger partial charge is 0.508 e. The molecule has 1 aromatic heterocycles. The number of benzene rings is 2.